The van der Waals surface area contributed by atoms with E-state index in [4.69, 9.17) is 4.52 Å². The summed E-state index contributed by atoms with van der Waals surface area (Å²) < 4.78 is 5.47. The normalized spacial score (nSPS) is 26.0. The van der Waals surface area contributed by atoms with Crippen LogP contribution < -0.4 is 5.32 Å². The molecule has 1 aromatic carbocycles. The zero-order valence-corrected chi connectivity index (χ0v) is 11.5. The van der Waals surface area contributed by atoms with Gasteiger partial charge in [-0.15, -0.1) is 0 Å². The third-order valence-electron chi connectivity index (χ3n) is 4.47. The van der Waals surface area contributed by atoms with Gasteiger partial charge >= 0.3 is 0 Å². The van der Waals surface area contributed by atoms with E-state index in [1.807, 2.05) is 18.2 Å². The zero-order valence-electron chi connectivity index (χ0n) is 11.5. The maximum atomic E-state index is 5.47. The van der Waals surface area contributed by atoms with Crippen LogP contribution in [-0.2, 0) is 6.54 Å². The topological polar surface area (TPSA) is 41.3 Å². The lowest BCUT2D eigenvalue weighted by Gasteiger charge is -2.14. The molecule has 2 fully saturated rings. The van der Waals surface area contributed by atoms with Crippen molar-refractivity contribution in [1.29, 1.82) is 0 Å². The number of rotatable bonds is 3. The first-order valence-electron chi connectivity index (χ1n) is 7.32. The third kappa shape index (κ3) is 2.25. The Labute approximate surface area is 118 Å². The van der Waals surface area contributed by atoms with Crippen LogP contribution in [0.2, 0.25) is 0 Å². The number of hydrogen-bond acceptors (Lipinski definition) is 4. The Hall–Kier alpha value is -1.65. The Morgan fingerprint density at radius 3 is 2.65 bits per heavy atom. The van der Waals surface area contributed by atoms with Gasteiger partial charge in [-0.2, -0.15) is 0 Å². The van der Waals surface area contributed by atoms with Gasteiger partial charge in [-0.1, -0.05) is 35.5 Å². The number of likely N-dealkylation sites (tertiary alicyclic amines) is 1. The second-order valence-corrected chi connectivity index (χ2v) is 5.92. The number of hydrogen-bond donors (Lipinski definition) is 1. The number of nitrogens with one attached hydrogen (secondary N) is 1. The van der Waals surface area contributed by atoms with E-state index in [1.54, 1.807) is 0 Å². The Morgan fingerprint density at radius 2 is 1.90 bits per heavy atom. The largest absolute Gasteiger partial charge is 0.356 e. The van der Waals surface area contributed by atoms with Crippen molar-refractivity contribution in [2.45, 2.75) is 6.54 Å². The second-order valence-electron chi connectivity index (χ2n) is 5.92. The van der Waals surface area contributed by atoms with Gasteiger partial charge in [0.2, 0.25) is 0 Å². The highest BCUT2D eigenvalue weighted by Crippen LogP contribution is 2.28. The summed E-state index contributed by atoms with van der Waals surface area (Å²) in [6, 6.07) is 12.2. The number of nitrogens with zero attached hydrogens (tertiary/aromatic N) is 2. The highest BCUT2D eigenvalue weighted by Gasteiger charge is 2.36. The monoisotopic (exact) mass is 269 g/mol. The highest BCUT2D eigenvalue weighted by molar-refractivity contribution is 5.56. The summed E-state index contributed by atoms with van der Waals surface area (Å²) in [5.41, 5.74) is 2.13. The molecule has 3 heterocycles. The molecule has 0 amide bonds. The lowest BCUT2D eigenvalue weighted by Crippen LogP contribution is -2.25. The van der Waals surface area contributed by atoms with Crippen molar-refractivity contribution in [2.24, 2.45) is 11.8 Å². The second kappa shape index (κ2) is 5.04. The van der Waals surface area contributed by atoms with E-state index >= 15 is 0 Å². The summed E-state index contributed by atoms with van der Waals surface area (Å²) in [5, 5.41) is 7.69. The predicted molar refractivity (Wildman–Crippen MR) is 77.1 cm³/mol. The Balaban J connectivity index is 1.44. The van der Waals surface area contributed by atoms with Gasteiger partial charge in [0, 0.05) is 31.3 Å². The van der Waals surface area contributed by atoms with Gasteiger partial charge < -0.3 is 9.84 Å². The van der Waals surface area contributed by atoms with Crippen LogP contribution in [0.1, 0.15) is 5.69 Å². The van der Waals surface area contributed by atoms with Crippen molar-refractivity contribution < 1.29 is 4.52 Å². The van der Waals surface area contributed by atoms with Crippen LogP contribution in [0.15, 0.2) is 40.9 Å². The van der Waals surface area contributed by atoms with E-state index < -0.39 is 0 Å². The molecule has 1 N–H and O–H groups in total. The molecule has 0 radical (unpaired) electrons. The van der Waals surface area contributed by atoms with Crippen LogP contribution in [0.25, 0.3) is 11.3 Å². The molecule has 4 heteroatoms. The molecule has 2 aliphatic rings. The lowest BCUT2D eigenvalue weighted by atomic mass is 10.0. The summed E-state index contributed by atoms with van der Waals surface area (Å²) in [6.45, 7) is 5.63. The van der Waals surface area contributed by atoms with Crippen LogP contribution in [0, 0.1) is 11.8 Å². The molecule has 0 aliphatic carbocycles. The summed E-state index contributed by atoms with van der Waals surface area (Å²) >= 11 is 0. The van der Waals surface area contributed by atoms with E-state index in [-0.39, 0.29) is 0 Å². The molecule has 104 valence electrons. The van der Waals surface area contributed by atoms with E-state index in [9.17, 15) is 0 Å². The first-order valence-corrected chi connectivity index (χ1v) is 7.32. The van der Waals surface area contributed by atoms with Crippen molar-refractivity contribution in [3.05, 3.63) is 42.1 Å². The fraction of sp³-hybridized carbons (Fsp3) is 0.438. The predicted octanol–water partition coefficient (Wildman–Crippen LogP) is 1.99. The lowest BCUT2D eigenvalue weighted by molar-refractivity contribution is 0.293. The fourth-order valence-electron chi connectivity index (χ4n) is 3.44. The minimum absolute atomic E-state index is 0.829. The minimum atomic E-state index is 0.829. The van der Waals surface area contributed by atoms with Crippen molar-refractivity contribution in [2.75, 3.05) is 26.2 Å². The smallest absolute Gasteiger partial charge is 0.167 e. The first kappa shape index (κ1) is 12.1. The third-order valence-corrected chi connectivity index (χ3v) is 4.47. The Morgan fingerprint density at radius 1 is 1.15 bits per heavy atom. The number of benzene rings is 1. The fourth-order valence-corrected chi connectivity index (χ4v) is 3.44. The number of aromatic nitrogens is 1. The molecular weight excluding hydrogens is 250 g/mol. The molecular formula is C16H19N3O. The van der Waals surface area contributed by atoms with Gasteiger partial charge in [-0.25, -0.2) is 0 Å². The molecule has 2 aromatic rings. The molecule has 2 saturated heterocycles. The standard InChI is InChI=1S/C16H19N3O/c1-2-4-12(5-3-1)16-6-15(18-20-16)11-19-9-13-7-17-8-14(13)10-19/h1-6,13-14,17H,7-11H2/t13-,14+. The molecule has 20 heavy (non-hydrogen) atoms. The van der Waals surface area contributed by atoms with Gasteiger partial charge in [0.15, 0.2) is 5.76 Å². The van der Waals surface area contributed by atoms with E-state index in [0.717, 1.165) is 35.4 Å². The van der Waals surface area contributed by atoms with Crippen molar-refractivity contribution in [3.63, 3.8) is 0 Å². The van der Waals surface area contributed by atoms with Crippen molar-refractivity contribution >= 4 is 0 Å². The molecule has 4 nitrogen and oxygen atoms in total. The molecule has 0 spiro atoms. The molecule has 1 aromatic heterocycles. The van der Waals surface area contributed by atoms with Gasteiger partial charge in [0.25, 0.3) is 0 Å². The van der Waals surface area contributed by atoms with E-state index in [0.29, 0.717) is 0 Å². The summed E-state index contributed by atoms with van der Waals surface area (Å²) in [6.07, 6.45) is 0. The maximum absolute atomic E-state index is 5.47. The molecule has 0 unspecified atom stereocenters. The van der Waals surface area contributed by atoms with Gasteiger partial charge in [0.05, 0.1) is 5.69 Å². The van der Waals surface area contributed by atoms with Gasteiger partial charge in [0.1, 0.15) is 0 Å². The van der Waals surface area contributed by atoms with Crippen LogP contribution >= 0.6 is 0 Å². The Kier molecular flexibility index (Phi) is 3.05. The summed E-state index contributed by atoms with van der Waals surface area (Å²) in [7, 11) is 0. The van der Waals surface area contributed by atoms with Crippen molar-refractivity contribution in [1.82, 2.24) is 15.4 Å². The van der Waals surface area contributed by atoms with Gasteiger partial charge in [-0.05, 0) is 24.9 Å². The first-order chi connectivity index (χ1) is 9.88. The molecule has 2 aliphatic heterocycles. The quantitative estimate of drug-likeness (QED) is 0.925. The zero-order chi connectivity index (χ0) is 13.4. The average Bonchev–Trinajstić information content (AvgIpc) is 3.16. The van der Waals surface area contributed by atoms with Gasteiger partial charge in [-0.3, -0.25) is 4.90 Å². The summed E-state index contributed by atoms with van der Waals surface area (Å²) in [4.78, 5) is 2.50. The molecule has 0 saturated carbocycles. The van der Waals surface area contributed by atoms with E-state index in [2.05, 4.69) is 33.6 Å². The molecule has 0 bridgehead atoms. The van der Waals surface area contributed by atoms with Crippen LogP contribution in [0.3, 0.4) is 0 Å². The number of fused-ring (bicyclic) bond motifs is 1. The molecule has 2 atom stereocenters. The summed E-state index contributed by atoms with van der Waals surface area (Å²) in [5.74, 6) is 2.52. The minimum Gasteiger partial charge on any atom is -0.356 e. The van der Waals surface area contributed by atoms with Crippen LogP contribution in [0.5, 0.6) is 0 Å². The van der Waals surface area contributed by atoms with E-state index in [1.165, 1.54) is 26.2 Å². The Bertz CT molecular complexity index is 568. The highest BCUT2D eigenvalue weighted by atomic mass is 16.5. The van der Waals surface area contributed by atoms with Crippen LogP contribution in [-0.4, -0.2) is 36.2 Å². The average molecular weight is 269 g/mol. The SMILES string of the molecule is c1ccc(-c2cc(CN3C[C@H]4CNC[C@H]4C3)no2)cc1. The van der Waals surface area contributed by atoms with Crippen LogP contribution in [0.4, 0.5) is 0 Å². The molecule has 4 rings (SSSR count). The van der Waals surface area contributed by atoms with Crippen molar-refractivity contribution in [3.8, 4) is 11.3 Å². The maximum Gasteiger partial charge on any atom is 0.167 e.